The van der Waals surface area contributed by atoms with Crippen molar-refractivity contribution in [3.63, 3.8) is 0 Å². The molecule has 0 aliphatic rings. The number of rotatable bonds is 3. The highest BCUT2D eigenvalue weighted by atomic mass is 35.5. The number of hydrogen-bond donors (Lipinski definition) is 0. The second kappa shape index (κ2) is 4.44. The van der Waals surface area contributed by atoms with Crippen molar-refractivity contribution in [3.05, 3.63) is 11.2 Å². The van der Waals surface area contributed by atoms with Crippen LogP contribution >= 0.6 is 23.4 Å². The van der Waals surface area contributed by atoms with Gasteiger partial charge in [-0.25, -0.2) is 0 Å². The molecule has 80 valence electrons. The first kappa shape index (κ1) is 11.7. The second-order valence-corrected chi connectivity index (χ2v) is 4.03. The molecule has 14 heavy (non-hydrogen) atoms. The van der Waals surface area contributed by atoms with Crippen molar-refractivity contribution in [3.8, 4) is 0 Å². The molecule has 0 fully saturated rings. The Morgan fingerprint density at radius 1 is 1.57 bits per heavy atom. The van der Waals surface area contributed by atoms with Crippen LogP contribution in [0.1, 0.15) is 13.3 Å². The van der Waals surface area contributed by atoms with Gasteiger partial charge in [-0.05, 0) is 6.42 Å². The summed E-state index contributed by atoms with van der Waals surface area (Å²) in [7, 11) is 0. The van der Waals surface area contributed by atoms with E-state index in [0.717, 1.165) is 0 Å². The maximum atomic E-state index is 12.1. The van der Waals surface area contributed by atoms with Crippen molar-refractivity contribution in [2.45, 2.75) is 30.4 Å². The number of halogens is 4. The van der Waals surface area contributed by atoms with Gasteiger partial charge in [0, 0.05) is 18.3 Å². The SMILES string of the molecule is CCCn1ncc(Cl)c1SC(F)(F)F. The van der Waals surface area contributed by atoms with E-state index in [1.165, 1.54) is 10.9 Å². The molecule has 0 atom stereocenters. The van der Waals surface area contributed by atoms with E-state index in [2.05, 4.69) is 5.10 Å². The summed E-state index contributed by atoms with van der Waals surface area (Å²) in [6.45, 7) is 2.29. The second-order valence-electron chi connectivity index (χ2n) is 2.57. The van der Waals surface area contributed by atoms with E-state index in [0.29, 0.717) is 13.0 Å². The molecule has 0 saturated carbocycles. The third-order valence-corrected chi connectivity index (χ3v) is 2.64. The largest absolute Gasteiger partial charge is 0.447 e. The predicted molar refractivity (Wildman–Crippen MR) is 49.4 cm³/mol. The third-order valence-electron chi connectivity index (χ3n) is 1.40. The number of nitrogens with zero attached hydrogens (tertiary/aromatic N) is 2. The lowest BCUT2D eigenvalue weighted by Crippen LogP contribution is -2.06. The molecule has 0 aliphatic carbocycles. The number of hydrogen-bond acceptors (Lipinski definition) is 2. The summed E-state index contributed by atoms with van der Waals surface area (Å²) in [4.78, 5) is 0. The Morgan fingerprint density at radius 3 is 2.71 bits per heavy atom. The Bertz CT molecular complexity index is 310. The molecule has 7 heteroatoms. The third kappa shape index (κ3) is 3.09. The molecular formula is C7H8ClF3N2S. The monoisotopic (exact) mass is 244 g/mol. The van der Waals surface area contributed by atoms with Gasteiger partial charge in [0.1, 0.15) is 5.03 Å². The van der Waals surface area contributed by atoms with Gasteiger partial charge >= 0.3 is 5.51 Å². The number of aromatic nitrogens is 2. The van der Waals surface area contributed by atoms with Gasteiger partial charge in [-0.3, -0.25) is 4.68 Å². The Kier molecular flexibility index (Phi) is 3.71. The average Bonchev–Trinajstić information content (AvgIpc) is 2.34. The Labute approximate surface area is 88.4 Å². The zero-order valence-electron chi connectivity index (χ0n) is 7.31. The quantitative estimate of drug-likeness (QED) is 0.757. The van der Waals surface area contributed by atoms with Crippen LogP contribution < -0.4 is 0 Å². The van der Waals surface area contributed by atoms with Crippen LogP contribution in [0.15, 0.2) is 11.2 Å². The molecule has 0 N–H and O–H groups in total. The molecule has 0 bridgehead atoms. The van der Waals surface area contributed by atoms with Gasteiger partial charge in [-0.2, -0.15) is 18.3 Å². The van der Waals surface area contributed by atoms with E-state index in [1.54, 1.807) is 0 Å². The summed E-state index contributed by atoms with van der Waals surface area (Å²) in [5.74, 6) is 0. The van der Waals surface area contributed by atoms with E-state index in [-0.39, 0.29) is 21.8 Å². The normalized spacial score (nSPS) is 12.1. The lowest BCUT2D eigenvalue weighted by Gasteiger charge is -2.08. The molecule has 0 aliphatic heterocycles. The lowest BCUT2D eigenvalue weighted by molar-refractivity contribution is -0.0331. The maximum Gasteiger partial charge on any atom is 0.447 e. The summed E-state index contributed by atoms with van der Waals surface area (Å²) >= 11 is 5.35. The summed E-state index contributed by atoms with van der Waals surface area (Å²) in [5, 5.41) is 3.76. The van der Waals surface area contributed by atoms with E-state index in [9.17, 15) is 13.2 Å². The highest BCUT2D eigenvalue weighted by molar-refractivity contribution is 8.00. The molecule has 0 radical (unpaired) electrons. The van der Waals surface area contributed by atoms with E-state index < -0.39 is 5.51 Å². The molecule has 0 aromatic carbocycles. The Hall–Kier alpha value is -0.360. The van der Waals surface area contributed by atoms with Crippen LogP contribution in [0, 0.1) is 0 Å². The lowest BCUT2D eigenvalue weighted by atomic mass is 10.5. The molecular weight excluding hydrogens is 237 g/mol. The minimum absolute atomic E-state index is 0.0407. The summed E-state index contributed by atoms with van der Waals surface area (Å²) < 4.78 is 37.5. The highest BCUT2D eigenvalue weighted by Gasteiger charge is 2.32. The standard InChI is InChI=1S/C7H8ClF3N2S/c1-2-3-13-6(5(8)4-12-13)14-7(9,10)11/h4H,2-3H2,1H3. The van der Waals surface area contributed by atoms with Crippen LogP contribution in [-0.4, -0.2) is 15.3 Å². The van der Waals surface area contributed by atoms with Crippen LogP contribution in [0.25, 0.3) is 0 Å². The van der Waals surface area contributed by atoms with E-state index >= 15 is 0 Å². The Balaban J connectivity index is 2.88. The van der Waals surface area contributed by atoms with Gasteiger partial charge in [0.05, 0.1) is 11.2 Å². The van der Waals surface area contributed by atoms with Crippen LogP contribution in [0.5, 0.6) is 0 Å². The summed E-state index contributed by atoms with van der Waals surface area (Å²) in [6, 6.07) is 0. The molecule has 0 spiro atoms. The van der Waals surface area contributed by atoms with Crippen molar-refractivity contribution < 1.29 is 13.2 Å². The van der Waals surface area contributed by atoms with Crippen molar-refractivity contribution in [2.75, 3.05) is 0 Å². The fourth-order valence-corrected chi connectivity index (χ4v) is 1.80. The molecule has 0 unspecified atom stereocenters. The smallest absolute Gasteiger partial charge is 0.257 e. The fourth-order valence-electron chi connectivity index (χ4n) is 0.933. The zero-order chi connectivity index (χ0) is 10.8. The highest BCUT2D eigenvalue weighted by Crippen LogP contribution is 2.40. The number of alkyl halides is 3. The molecule has 1 aromatic heterocycles. The zero-order valence-corrected chi connectivity index (χ0v) is 8.88. The van der Waals surface area contributed by atoms with Gasteiger partial charge in [0.25, 0.3) is 0 Å². The predicted octanol–water partition coefficient (Wildman–Crippen LogP) is 3.56. The van der Waals surface area contributed by atoms with Crippen LogP contribution in [0.4, 0.5) is 13.2 Å². The minimum Gasteiger partial charge on any atom is -0.257 e. The Morgan fingerprint density at radius 2 is 2.21 bits per heavy atom. The first-order valence-electron chi connectivity index (χ1n) is 3.91. The number of thioether (sulfide) groups is 1. The van der Waals surface area contributed by atoms with Crippen molar-refractivity contribution in [2.24, 2.45) is 0 Å². The molecule has 1 heterocycles. The number of aryl methyl sites for hydroxylation is 1. The van der Waals surface area contributed by atoms with Gasteiger partial charge in [0.15, 0.2) is 0 Å². The van der Waals surface area contributed by atoms with Crippen LogP contribution in [-0.2, 0) is 6.54 Å². The van der Waals surface area contributed by atoms with E-state index in [1.807, 2.05) is 6.92 Å². The van der Waals surface area contributed by atoms with Crippen molar-refractivity contribution >= 4 is 23.4 Å². The summed E-state index contributed by atoms with van der Waals surface area (Å²) in [5.41, 5.74) is -4.32. The van der Waals surface area contributed by atoms with Gasteiger partial charge in [-0.15, -0.1) is 0 Å². The van der Waals surface area contributed by atoms with Crippen LogP contribution in [0.2, 0.25) is 5.02 Å². The first-order valence-corrected chi connectivity index (χ1v) is 5.10. The molecule has 0 amide bonds. The topological polar surface area (TPSA) is 17.8 Å². The van der Waals surface area contributed by atoms with Gasteiger partial charge < -0.3 is 0 Å². The fraction of sp³-hybridized carbons (Fsp3) is 0.571. The summed E-state index contributed by atoms with van der Waals surface area (Å²) in [6.07, 6.45) is 1.94. The van der Waals surface area contributed by atoms with Gasteiger partial charge in [0.2, 0.25) is 0 Å². The molecule has 1 aromatic rings. The first-order chi connectivity index (χ1) is 6.44. The van der Waals surface area contributed by atoms with E-state index in [4.69, 9.17) is 11.6 Å². The van der Waals surface area contributed by atoms with Gasteiger partial charge in [-0.1, -0.05) is 18.5 Å². The molecule has 2 nitrogen and oxygen atoms in total. The van der Waals surface area contributed by atoms with Crippen molar-refractivity contribution in [1.29, 1.82) is 0 Å². The van der Waals surface area contributed by atoms with Crippen molar-refractivity contribution in [1.82, 2.24) is 9.78 Å². The maximum absolute atomic E-state index is 12.1. The van der Waals surface area contributed by atoms with Crippen LogP contribution in [0.3, 0.4) is 0 Å². The average molecular weight is 245 g/mol. The minimum atomic E-state index is -4.32. The molecule has 0 saturated heterocycles. The molecule has 1 rings (SSSR count).